The third kappa shape index (κ3) is 10.3. The van der Waals surface area contributed by atoms with E-state index in [-0.39, 0.29) is 49.6 Å². The first kappa shape index (κ1) is 48.1. The van der Waals surface area contributed by atoms with Crippen molar-refractivity contribution in [2.75, 3.05) is 28.3 Å². The second-order valence-electron chi connectivity index (χ2n) is 16.6. The average Bonchev–Trinajstić information content (AvgIpc) is 3.09. The van der Waals surface area contributed by atoms with Gasteiger partial charge in [-0.2, -0.15) is 0 Å². The number of carbonyl (C=O) groups excluding carboxylic acids is 2. The summed E-state index contributed by atoms with van der Waals surface area (Å²) in [5, 5.41) is 45.6. The third-order valence-electron chi connectivity index (χ3n) is 12.3. The summed E-state index contributed by atoms with van der Waals surface area (Å²) in [5.74, 6) is -4.47. The van der Waals surface area contributed by atoms with Crippen LogP contribution >= 0.6 is 12.4 Å². The number of halogens is 1. The molecule has 4 N–H and O–H groups in total. The van der Waals surface area contributed by atoms with Gasteiger partial charge in [0, 0.05) is 44.4 Å². The Bertz CT molecular complexity index is 1190. The second kappa shape index (κ2) is 19.0. The summed E-state index contributed by atoms with van der Waals surface area (Å²) in [5.41, 5.74) is -4.24. The highest BCUT2D eigenvalue weighted by atomic mass is 35.5. The number of rotatable bonds is 8. The molecule has 3 saturated heterocycles. The highest BCUT2D eigenvalue weighted by molar-refractivity contribution is 5.85. The second-order valence-corrected chi connectivity index (χ2v) is 16.6. The molecule has 312 valence electrons. The zero-order valence-corrected chi connectivity index (χ0v) is 35.1. The van der Waals surface area contributed by atoms with Crippen molar-refractivity contribution in [1.82, 2.24) is 4.90 Å². The SMILES string of the molecule is CC[C@H]1OC(=O)[C@H](C)[C@@H](OC2CC(C)(OC)C(O)C(C)O2)[C@H](C)[C@@H](OC2OC(C)CC(N(C)C)C2O)[C@](C)(OC)C[C@@H](C)C(=O)[C@H](C)[C@@H](O)[C@]1(C)O.Cl. The Morgan fingerprint density at radius 1 is 0.849 bits per heavy atom. The van der Waals surface area contributed by atoms with Gasteiger partial charge in [0.05, 0.1) is 47.6 Å². The van der Waals surface area contributed by atoms with Gasteiger partial charge in [0.15, 0.2) is 12.6 Å². The van der Waals surface area contributed by atoms with E-state index in [1.54, 1.807) is 48.5 Å². The molecule has 3 aliphatic rings. The van der Waals surface area contributed by atoms with Crippen molar-refractivity contribution in [3.05, 3.63) is 0 Å². The zero-order valence-electron chi connectivity index (χ0n) is 34.3. The van der Waals surface area contributed by atoms with Crippen molar-refractivity contribution in [3.8, 4) is 0 Å². The first-order valence-corrected chi connectivity index (χ1v) is 18.9. The van der Waals surface area contributed by atoms with Crippen molar-refractivity contribution < 1.29 is 63.2 Å². The number of aliphatic hydroxyl groups is 4. The van der Waals surface area contributed by atoms with Crippen LogP contribution in [0.25, 0.3) is 0 Å². The Morgan fingerprint density at radius 2 is 1.43 bits per heavy atom. The average molecular weight is 784 g/mol. The van der Waals surface area contributed by atoms with Gasteiger partial charge in [-0.05, 0) is 74.9 Å². The molecule has 0 aliphatic carbocycles. The summed E-state index contributed by atoms with van der Waals surface area (Å²) in [4.78, 5) is 30.1. The van der Waals surface area contributed by atoms with Crippen molar-refractivity contribution in [2.24, 2.45) is 23.7 Å². The lowest BCUT2D eigenvalue weighted by molar-refractivity contribution is -0.319. The molecule has 8 unspecified atom stereocenters. The summed E-state index contributed by atoms with van der Waals surface area (Å²) in [6.07, 6.45) is -8.73. The summed E-state index contributed by atoms with van der Waals surface area (Å²) in [6.45, 7) is 17.1. The van der Waals surface area contributed by atoms with Gasteiger partial charge in [0.25, 0.3) is 0 Å². The van der Waals surface area contributed by atoms with E-state index in [0.717, 1.165) is 0 Å². The van der Waals surface area contributed by atoms with E-state index in [9.17, 15) is 30.0 Å². The monoisotopic (exact) mass is 783 g/mol. The summed E-state index contributed by atoms with van der Waals surface area (Å²) in [6, 6.07) is -0.283. The van der Waals surface area contributed by atoms with E-state index >= 15 is 0 Å². The van der Waals surface area contributed by atoms with Gasteiger partial charge in [-0.3, -0.25) is 9.59 Å². The van der Waals surface area contributed by atoms with Crippen LogP contribution in [-0.2, 0) is 42.7 Å². The Morgan fingerprint density at radius 3 is 1.96 bits per heavy atom. The molecule has 0 spiro atoms. The molecular formula is C38H70ClNO13. The highest BCUT2D eigenvalue weighted by Crippen LogP contribution is 2.41. The minimum absolute atomic E-state index is 0. The maximum Gasteiger partial charge on any atom is 0.311 e. The van der Waals surface area contributed by atoms with Gasteiger partial charge >= 0.3 is 5.97 Å². The smallest absolute Gasteiger partial charge is 0.311 e. The van der Waals surface area contributed by atoms with E-state index < -0.39 is 102 Å². The van der Waals surface area contributed by atoms with Gasteiger partial charge in [0.2, 0.25) is 0 Å². The van der Waals surface area contributed by atoms with E-state index in [2.05, 4.69) is 0 Å². The van der Waals surface area contributed by atoms with Gasteiger partial charge in [-0.1, -0.05) is 27.7 Å². The fourth-order valence-electron chi connectivity index (χ4n) is 8.58. The lowest BCUT2D eigenvalue weighted by atomic mass is 9.74. The first-order valence-electron chi connectivity index (χ1n) is 18.9. The van der Waals surface area contributed by atoms with Crippen LogP contribution in [0.2, 0.25) is 0 Å². The Balaban J connectivity index is 0.00000972. The molecule has 3 fully saturated rings. The fraction of sp³-hybridized carbons (Fsp3) is 0.947. The van der Waals surface area contributed by atoms with E-state index in [0.29, 0.717) is 6.42 Å². The molecule has 14 nitrogen and oxygen atoms in total. The largest absolute Gasteiger partial charge is 0.459 e. The minimum Gasteiger partial charge on any atom is -0.459 e. The highest BCUT2D eigenvalue weighted by Gasteiger charge is 2.54. The number of hydrogen-bond donors (Lipinski definition) is 4. The lowest BCUT2D eigenvalue weighted by Gasteiger charge is -2.50. The van der Waals surface area contributed by atoms with Crippen molar-refractivity contribution in [2.45, 2.75) is 179 Å². The number of cyclic esters (lactones) is 1. The minimum atomic E-state index is -1.96. The van der Waals surface area contributed by atoms with Crippen molar-refractivity contribution >= 4 is 24.2 Å². The molecule has 0 bridgehead atoms. The van der Waals surface area contributed by atoms with Crippen LogP contribution in [-0.4, -0.2) is 150 Å². The van der Waals surface area contributed by atoms with Gasteiger partial charge in [-0.15, -0.1) is 12.4 Å². The molecule has 0 aromatic rings. The normalized spacial score (nSPS) is 48.1. The molecule has 53 heavy (non-hydrogen) atoms. The van der Waals surface area contributed by atoms with Gasteiger partial charge < -0.3 is 58.5 Å². The van der Waals surface area contributed by atoms with Crippen LogP contribution in [0.15, 0.2) is 0 Å². The number of ketones is 1. The van der Waals surface area contributed by atoms with Crippen LogP contribution in [0, 0.1) is 23.7 Å². The lowest BCUT2D eigenvalue weighted by Crippen LogP contribution is -2.61. The predicted molar refractivity (Wildman–Crippen MR) is 198 cm³/mol. The molecule has 15 heteroatoms. The van der Waals surface area contributed by atoms with Crippen LogP contribution in [0.3, 0.4) is 0 Å². The van der Waals surface area contributed by atoms with Crippen LogP contribution < -0.4 is 0 Å². The maximum absolute atomic E-state index is 14.2. The number of nitrogens with zero attached hydrogens (tertiary/aromatic N) is 1. The number of Topliss-reactive ketones (excluding diaryl/α,β-unsaturated/α-hetero) is 1. The number of likely N-dealkylation sites (N-methyl/N-ethyl adjacent to an activating group) is 1. The van der Waals surface area contributed by atoms with E-state index in [4.69, 9.17) is 33.2 Å². The molecule has 0 saturated carbocycles. The summed E-state index contributed by atoms with van der Waals surface area (Å²) < 4.78 is 43.9. The number of ether oxygens (including phenoxy) is 7. The number of aliphatic hydroxyl groups excluding tert-OH is 3. The molecule has 0 radical (unpaired) electrons. The van der Waals surface area contributed by atoms with Gasteiger partial charge in [-0.25, -0.2) is 0 Å². The molecule has 0 aromatic heterocycles. The zero-order chi connectivity index (χ0) is 39.7. The molecule has 3 aliphatic heterocycles. The first-order chi connectivity index (χ1) is 24.0. The Hall–Kier alpha value is -1.01. The Labute approximate surface area is 322 Å². The van der Waals surface area contributed by atoms with Crippen LogP contribution in [0.5, 0.6) is 0 Å². The quantitative estimate of drug-likeness (QED) is 0.264. The summed E-state index contributed by atoms with van der Waals surface area (Å²) in [7, 11) is 6.77. The molecule has 0 amide bonds. The third-order valence-corrected chi connectivity index (χ3v) is 12.3. The van der Waals surface area contributed by atoms with E-state index in [1.165, 1.54) is 21.1 Å². The van der Waals surface area contributed by atoms with Crippen LogP contribution in [0.4, 0.5) is 0 Å². The molecule has 3 heterocycles. The number of esters is 1. The summed E-state index contributed by atoms with van der Waals surface area (Å²) >= 11 is 0. The maximum atomic E-state index is 14.2. The molecule has 3 rings (SSSR count). The topological polar surface area (TPSA) is 183 Å². The number of methoxy groups -OCH3 is 2. The molecular weight excluding hydrogens is 714 g/mol. The molecule has 0 aromatic carbocycles. The fourth-order valence-corrected chi connectivity index (χ4v) is 8.58. The van der Waals surface area contributed by atoms with E-state index in [1.807, 2.05) is 32.8 Å². The van der Waals surface area contributed by atoms with Crippen molar-refractivity contribution in [1.29, 1.82) is 0 Å². The number of carbonyl (C=O) groups is 2. The van der Waals surface area contributed by atoms with Crippen molar-refractivity contribution in [3.63, 3.8) is 0 Å². The van der Waals surface area contributed by atoms with Gasteiger partial charge in [0.1, 0.15) is 29.7 Å². The predicted octanol–water partition coefficient (Wildman–Crippen LogP) is 2.86. The molecule has 18 atom stereocenters. The standard InChI is InChI=1S/C38H69NO13.ClH/c1-15-26-38(10,45)31(42)21(4)28(40)19(2)17-37(9,47-14)33(52-35-29(41)25(39(11)12)16-20(3)48-35)22(5)30(23(6)34(44)50-26)51-27-18-36(8,46-13)32(43)24(7)49-27;/h19-27,29-33,35,41-43,45H,15-18H2,1-14H3;1H/t19-,20?,21+,22+,23-,24?,25?,26-,27?,29?,30+,31-,32?,33-,35?,36?,37-,38-;/m1./s1. The number of hydrogen-bond acceptors (Lipinski definition) is 14. The Kier molecular flexibility index (Phi) is 17.2. The van der Waals surface area contributed by atoms with Crippen LogP contribution in [0.1, 0.15) is 94.9 Å².